The second kappa shape index (κ2) is 6.72. The van der Waals surface area contributed by atoms with Crippen molar-refractivity contribution in [1.29, 1.82) is 0 Å². The summed E-state index contributed by atoms with van der Waals surface area (Å²) in [7, 11) is 0. The third-order valence-corrected chi connectivity index (χ3v) is 4.40. The van der Waals surface area contributed by atoms with E-state index in [9.17, 15) is 5.11 Å². The van der Waals surface area contributed by atoms with E-state index in [0.29, 0.717) is 6.61 Å². The van der Waals surface area contributed by atoms with E-state index in [0.717, 1.165) is 32.6 Å². The van der Waals surface area contributed by atoms with Crippen LogP contribution in [-0.4, -0.2) is 49.5 Å². The van der Waals surface area contributed by atoms with Crippen LogP contribution in [0.5, 0.6) is 0 Å². The van der Waals surface area contributed by atoms with Crippen LogP contribution in [0.15, 0.2) is 0 Å². The SMILES string of the molecule is OCC1(CN2CCCCCCC2)CCOCC1. The number of aliphatic hydroxyl groups excluding tert-OH is 1. The third kappa shape index (κ3) is 3.94. The molecule has 0 atom stereocenters. The number of nitrogens with zero attached hydrogens (tertiary/aromatic N) is 1. The topological polar surface area (TPSA) is 32.7 Å². The zero-order valence-electron chi connectivity index (χ0n) is 11.0. The van der Waals surface area contributed by atoms with Crippen molar-refractivity contribution in [3.8, 4) is 0 Å². The predicted molar refractivity (Wildman–Crippen MR) is 69.1 cm³/mol. The molecule has 0 spiro atoms. The maximum absolute atomic E-state index is 9.72. The molecule has 2 fully saturated rings. The van der Waals surface area contributed by atoms with E-state index in [1.165, 1.54) is 45.2 Å². The summed E-state index contributed by atoms with van der Waals surface area (Å²) in [4.78, 5) is 2.58. The molecule has 0 aliphatic carbocycles. The zero-order chi connectivity index (χ0) is 12.0. The molecule has 1 N–H and O–H groups in total. The Morgan fingerprint density at radius 1 is 0.941 bits per heavy atom. The molecule has 0 saturated carbocycles. The molecule has 0 unspecified atom stereocenters. The standard InChI is InChI=1S/C14H27NO2/c16-13-14(6-10-17-11-7-14)12-15-8-4-2-1-3-5-9-15/h16H,1-13H2. The summed E-state index contributed by atoms with van der Waals surface area (Å²) in [5.74, 6) is 0. The van der Waals surface area contributed by atoms with Gasteiger partial charge >= 0.3 is 0 Å². The van der Waals surface area contributed by atoms with Crippen LogP contribution in [0.3, 0.4) is 0 Å². The number of likely N-dealkylation sites (tertiary alicyclic amines) is 1. The first-order valence-electron chi connectivity index (χ1n) is 7.26. The van der Waals surface area contributed by atoms with Gasteiger partial charge in [0, 0.05) is 25.2 Å². The summed E-state index contributed by atoms with van der Waals surface area (Å²) in [6.45, 7) is 5.51. The third-order valence-electron chi connectivity index (χ3n) is 4.40. The van der Waals surface area contributed by atoms with Gasteiger partial charge in [-0.2, -0.15) is 0 Å². The lowest BCUT2D eigenvalue weighted by Crippen LogP contribution is -2.44. The molecule has 0 bridgehead atoms. The molecule has 0 aromatic rings. The lowest BCUT2D eigenvalue weighted by Gasteiger charge is -2.40. The monoisotopic (exact) mass is 241 g/mol. The molecule has 0 radical (unpaired) electrons. The van der Waals surface area contributed by atoms with Gasteiger partial charge in [-0.15, -0.1) is 0 Å². The number of hydrogen-bond acceptors (Lipinski definition) is 3. The Hall–Kier alpha value is -0.120. The minimum atomic E-state index is 0.122. The van der Waals surface area contributed by atoms with Gasteiger partial charge in [-0.1, -0.05) is 19.3 Å². The average molecular weight is 241 g/mol. The molecule has 0 aromatic carbocycles. The molecule has 2 aliphatic rings. The van der Waals surface area contributed by atoms with Crippen LogP contribution in [-0.2, 0) is 4.74 Å². The van der Waals surface area contributed by atoms with Crippen molar-refractivity contribution in [2.75, 3.05) is 39.5 Å². The van der Waals surface area contributed by atoms with Gasteiger partial charge in [-0.25, -0.2) is 0 Å². The highest BCUT2D eigenvalue weighted by molar-refractivity contribution is 4.85. The van der Waals surface area contributed by atoms with Crippen molar-refractivity contribution < 1.29 is 9.84 Å². The first-order chi connectivity index (χ1) is 8.35. The van der Waals surface area contributed by atoms with Crippen molar-refractivity contribution in [2.45, 2.75) is 44.9 Å². The summed E-state index contributed by atoms with van der Waals surface area (Å²) in [5.41, 5.74) is 0.122. The Balaban J connectivity index is 1.86. The van der Waals surface area contributed by atoms with E-state index in [4.69, 9.17) is 4.74 Å². The van der Waals surface area contributed by atoms with Crippen molar-refractivity contribution in [2.24, 2.45) is 5.41 Å². The molecule has 2 heterocycles. The maximum atomic E-state index is 9.72. The molecule has 0 aromatic heterocycles. The van der Waals surface area contributed by atoms with Gasteiger partial charge in [0.2, 0.25) is 0 Å². The van der Waals surface area contributed by atoms with Crippen molar-refractivity contribution in [1.82, 2.24) is 4.90 Å². The van der Waals surface area contributed by atoms with E-state index in [-0.39, 0.29) is 5.41 Å². The summed E-state index contributed by atoms with van der Waals surface area (Å²) < 4.78 is 5.43. The molecular formula is C14H27NO2. The van der Waals surface area contributed by atoms with Gasteiger partial charge in [0.05, 0.1) is 6.61 Å². The Kier molecular flexibility index (Phi) is 5.26. The smallest absolute Gasteiger partial charge is 0.0501 e. The van der Waals surface area contributed by atoms with Gasteiger partial charge in [0.1, 0.15) is 0 Å². The van der Waals surface area contributed by atoms with Crippen molar-refractivity contribution in [3.05, 3.63) is 0 Å². The Morgan fingerprint density at radius 3 is 2.12 bits per heavy atom. The largest absolute Gasteiger partial charge is 0.396 e. The molecule has 17 heavy (non-hydrogen) atoms. The minimum Gasteiger partial charge on any atom is -0.396 e. The summed E-state index contributed by atoms with van der Waals surface area (Å²) >= 11 is 0. The van der Waals surface area contributed by atoms with Crippen LogP contribution in [0.1, 0.15) is 44.9 Å². The molecule has 3 nitrogen and oxygen atoms in total. The van der Waals surface area contributed by atoms with Crippen LogP contribution >= 0.6 is 0 Å². The fraction of sp³-hybridized carbons (Fsp3) is 1.00. The molecule has 2 rings (SSSR count). The molecule has 3 heteroatoms. The van der Waals surface area contributed by atoms with Crippen LogP contribution in [0.25, 0.3) is 0 Å². The Bertz CT molecular complexity index is 206. The second-order valence-corrected chi connectivity index (χ2v) is 5.81. The molecule has 2 aliphatic heterocycles. The highest BCUT2D eigenvalue weighted by Crippen LogP contribution is 2.31. The minimum absolute atomic E-state index is 0.122. The van der Waals surface area contributed by atoms with Crippen LogP contribution in [0, 0.1) is 5.41 Å². The summed E-state index contributed by atoms with van der Waals surface area (Å²) in [6, 6.07) is 0. The van der Waals surface area contributed by atoms with Gasteiger partial charge in [0.25, 0.3) is 0 Å². The van der Waals surface area contributed by atoms with Crippen LogP contribution < -0.4 is 0 Å². The van der Waals surface area contributed by atoms with Gasteiger partial charge in [0.15, 0.2) is 0 Å². The number of ether oxygens (including phenoxy) is 1. The number of aliphatic hydroxyl groups is 1. The Labute approximate surface area is 105 Å². The van der Waals surface area contributed by atoms with Gasteiger partial charge in [-0.05, 0) is 38.8 Å². The first kappa shape index (κ1) is 13.3. The predicted octanol–water partition coefficient (Wildman–Crippen LogP) is 2.04. The highest BCUT2D eigenvalue weighted by atomic mass is 16.5. The Morgan fingerprint density at radius 2 is 1.53 bits per heavy atom. The second-order valence-electron chi connectivity index (χ2n) is 5.81. The van der Waals surface area contributed by atoms with Crippen LogP contribution in [0.2, 0.25) is 0 Å². The fourth-order valence-corrected chi connectivity index (χ4v) is 3.12. The van der Waals surface area contributed by atoms with Gasteiger partial charge in [-0.3, -0.25) is 0 Å². The van der Waals surface area contributed by atoms with Crippen molar-refractivity contribution in [3.63, 3.8) is 0 Å². The lowest BCUT2D eigenvalue weighted by molar-refractivity contribution is -0.0351. The van der Waals surface area contributed by atoms with E-state index >= 15 is 0 Å². The zero-order valence-corrected chi connectivity index (χ0v) is 11.0. The number of rotatable bonds is 3. The lowest BCUT2D eigenvalue weighted by atomic mass is 9.80. The maximum Gasteiger partial charge on any atom is 0.0501 e. The number of hydrogen-bond donors (Lipinski definition) is 1. The van der Waals surface area contributed by atoms with Crippen LogP contribution in [0.4, 0.5) is 0 Å². The van der Waals surface area contributed by atoms with Gasteiger partial charge < -0.3 is 14.7 Å². The van der Waals surface area contributed by atoms with E-state index in [1.807, 2.05) is 0 Å². The van der Waals surface area contributed by atoms with Crippen molar-refractivity contribution >= 4 is 0 Å². The molecule has 100 valence electrons. The first-order valence-corrected chi connectivity index (χ1v) is 7.26. The highest BCUT2D eigenvalue weighted by Gasteiger charge is 2.33. The molecule has 0 amide bonds. The quantitative estimate of drug-likeness (QED) is 0.821. The molecule has 2 saturated heterocycles. The molecular weight excluding hydrogens is 214 g/mol. The average Bonchev–Trinajstić information content (AvgIpc) is 2.34. The summed E-state index contributed by atoms with van der Waals surface area (Å²) in [6.07, 6.45) is 8.89. The normalized spacial score (nSPS) is 27.4. The van der Waals surface area contributed by atoms with E-state index in [2.05, 4.69) is 4.90 Å². The van der Waals surface area contributed by atoms with E-state index < -0.39 is 0 Å². The fourth-order valence-electron chi connectivity index (χ4n) is 3.12. The van der Waals surface area contributed by atoms with E-state index in [1.54, 1.807) is 0 Å². The summed E-state index contributed by atoms with van der Waals surface area (Å²) in [5, 5.41) is 9.72.